The summed E-state index contributed by atoms with van der Waals surface area (Å²) in [5.74, 6) is -0.537. The highest BCUT2D eigenvalue weighted by Crippen LogP contribution is 2.28. The predicted octanol–water partition coefficient (Wildman–Crippen LogP) is 2.45. The Labute approximate surface area is 115 Å². The summed E-state index contributed by atoms with van der Waals surface area (Å²) in [6.45, 7) is 1.72. The number of carbonyl (C=O) groups excluding carboxylic acids is 1. The van der Waals surface area contributed by atoms with Crippen molar-refractivity contribution in [3.05, 3.63) is 53.3 Å². The van der Waals surface area contributed by atoms with E-state index in [2.05, 4.69) is 0 Å². The van der Waals surface area contributed by atoms with E-state index in [4.69, 9.17) is 15.3 Å². The Morgan fingerprint density at radius 1 is 1.25 bits per heavy atom. The van der Waals surface area contributed by atoms with Crippen molar-refractivity contribution in [2.75, 3.05) is 0 Å². The highest BCUT2D eigenvalue weighted by Gasteiger charge is 2.13. The van der Waals surface area contributed by atoms with Crippen LogP contribution in [0.2, 0.25) is 0 Å². The third-order valence-electron chi connectivity index (χ3n) is 2.87. The van der Waals surface area contributed by atoms with Gasteiger partial charge in [0.15, 0.2) is 0 Å². The van der Waals surface area contributed by atoms with Gasteiger partial charge in [0.2, 0.25) is 5.91 Å². The van der Waals surface area contributed by atoms with Crippen LogP contribution in [0.25, 0.3) is 17.4 Å². The standard InChI is InChI=1S/C15H13NO4/c1-9-11(3-2-4-12(9)15(18)19)13-7-5-10(20-13)6-8-14(16)17/h2-8H,1H3,(H2,16,17)(H,18,19)/b8-6-. The van der Waals surface area contributed by atoms with Crippen molar-refractivity contribution in [1.29, 1.82) is 0 Å². The maximum absolute atomic E-state index is 11.1. The van der Waals surface area contributed by atoms with Gasteiger partial charge in [-0.25, -0.2) is 4.79 Å². The number of nitrogens with two attached hydrogens (primary N) is 1. The van der Waals surface area contributed by atoms with Gasteiger partial charge in [0.25, 0.3) is 0 Å². The summed E-state index contributed by atoms with van der Waals surface area (Å²) in [7, 11) is 0. The third kappa shape index (κ3) is 2.77. The van der Waals surface area contributed by atoms with E-state index in [1.54, 1.807) is 31.2 Å². The zero-order valence-electron chi connectivity index (χ0n) is 10.8. The smallest absolute Gasteiger partial charge is 0.335 e. The summed E-state index contributed by atoms with van der Waals surface area (Å²) >= 11 is 0. The fourth-order valence-corrected chi connectivity index (χ4v) is 1.89. The van der Waals surface area contributed by atoms with E-state index in [1.165, 1.54) is 18.2 Å². The molecule has 1 aromatic heterocycles. The molecule has 5 heteroatoms. The van der Waals surface area contributed by atoms with Gasteiger partial charge in [-0.3, -0.25) is 4.79 Å². The average Bonchev–Trinajstić information content (AvgIpc) is 2.85. The summed E-state index contributed by atoms with van der Waals surface area (Å²) in [6, 6.07) is 8.38. The Bertz CT molecular complexity index is 698. The number of carboxylic acid groups (broad SMARTS) is 1. The first-order chi connectivity index (χ1) is 9.49. The van der Waals surface area contributed by atoms with Crippen LogP contribution in [0.3, 0.4) is 0 Å². The normalized spacial score (nSPS) is 10.8. The quantitative estimate of drug-likeness (QED) is 0.835. The second kappa shape index (κ2) is 5.44. The minimum atomic E-state index is -0.982. The first-order valence-corrected chi connectivity index (χ1v) is 5.89. The molecule has 20 heavy (non-hydrogen) atoms. The number of rotatable bonds is 4. The lowest BCUT2D eigenvalue weighted by atomic mass is 10.0. The molecule has 0 saturated carbocycles. The van der Waals surface area contributed by atoms with E-state index in [-0.39, 0.29) is 5.56 Å². The molecule has 0 fully saturated rings. The number of primary amides is 1. The van der Waals surface area contributed by atoms with E-state index in [0.717, 1.165) is 0 Å². The van der Waals surface area contributed by atoms with Gasteiger partial charge >= 0.3 is 5.97 Å². The Kier molecular flexibility index (Phi) is 3.70. The molecule has 0 radical (unpaired) electrons. The lowest BCUT2D eigenvalue weighted by molar-refractivity contribution is -0.113. The SMILES string of the molecule is Cc1c(C(=O)O)cccc1-c1ccc(/C=C\C(N)=O)o1. The molecule has 1 amide bonds. The zero-order chi connectivity index (χ0) is 14.7. The predicted molar refractivity (Wildman–Crippen MR) is 74.1 cm³/mol. The summed E-state index contributed by atoms with van der Waals surface area (Å²) in [5.41, 5.74) is 6.56. The molecule has 2 rings (SSSR count). The van der Waals surface area contributed by atoms with Crippen LogP contribution in [0.5, 0.6) is 0 Å². The molecule has 1 heterocycles. The first kappa shape index (κ1) is 13.6. The van der Waals surface area contributed by atoms with Gasteiger partial charge in [-0.05, 0) is 36.8 Å². The Hall–Kier alpha value is -2.82. The molecular weight excluding hydrogens is 258 g/mol. The van der Waals surface area contributed by atoms with Gasteiger partial charge in [0.1, 0.15) is 11.5 Å². The molecule has 2 aromatic rings. The number of furan rings is 1. The molecule has 1 aromatic carbocycles. The number of hydrogen-bond donors (Lipinski definition) is 2. The largest absolute Gasteiger partial charge is 0.478 e. The molecule has 5 nitrogen and oxygen atoms in total. The summed E-state index contributed by atoms with van der Waals surface area (Å²) < 4.78 is 5.55. The van der Waals surface area contributed by atoms with E-state index in [9.17, 15) is 9.59 Å². The number of carboxylic acids is 1. The topological polar surface area (TPSA) is 93.5 Å². The van der Waals surface area contributed by atoms with Crippen molar-refractivity contribution in [1.82, 2.24) is 0 Å². The highest BCUT2D eigenvalue weighted by molar-refractivity contribution is 5.92. The lowest BCUT2D eigenvalue weighted by Gasteiger charge is -2.05. The van der Waals surface area contributed by atoms with E-state index >= 15 is 0 Å². The Morgan fingerprint density at radius 2 is 2.00 bits per heavy atom. The summed E-state index contributed by atoms with van der Waals surface area (Å²) in [5, 5.41) is 9.09. The molecule has 102 valence electrons. The van der Waals surface area contributed by atoms with Crippen molar-refractivity contribution in [2.24, 2.45) is 5.73 Å². The van der Waals surface area contributed by atoms with Gasteiger partial charge in [-0.1, -0.05) is 12.1 Å². The monoisotopic (exact) mass is 271 g/mol. The van der Waals surface area contributed by atoms with Crippen molar-refractivity contribution in [3.8, 4) is 11.3 Å². The Balaban J connectivity index is 2.40. The van der Waals surface area contributed by atoms with Crippen LogP contribution in [0, 0.1) is 6.92 Å². The van der Waals surface area contributed by atoms with Crippen LogP contribution < -0.4 is 5.73 Å². The number of hydrogen-bond acceptors (Lipinski definition) is 3. The zero-order valence-corrected chi connectivity index (χ0v) is 10.8. The molecule has 0 atom stereocenters. The maximum Gasteiger partial charge on any atom is 0.335 e. The molecule has 0 aliphatic heterocycles. The summed E-state index contributed by atoms with van der Waals surface area (Å²) in [6.07, 6.45) is 2.66. The van der Waals surface area contributed by atoms with E-state index in [0.29, 0.717) is 22.6 Å². The molecule has 0 aliphatic carbocycles. The second-order valence-corrected chi connectivity index (χ2v) is 4.22. The molecule has 0 saturated heterocycles. The van der Waals surface area contributed by atoms with Crippen molar-refractivity contribution < 1.29 is 19.1 Å². The molecule has 0 unspecified atom stereocenters. The minimum Gasteiger partial charge on any atom is -0.478 e. The molecule has 0 aliphatic rings. The molecule has 3 N–H and O–H groups in total. The molecule has 0 spiro atoms. The van der Waals surface area contributed by atoms with Crippen molar-refractivity contribution in [3.63, 3.8) is 0 Å². The Morgan fingerprint density at radius 3 is 2.65 bits per heavy atom. The van der Waals surface area contributed by atoms with Gasteiger partial charge in [0.05, 0.1) is 5.56 Å². The van der Waals surface area contributed by atoms with Crippen LogP contribution in [0.4, 0.5) is 0 Å². The van der Waals surface area contributed by atoms with Crippen LogP contribution in [0.15, 0.2) is 40.8 Å². The van der Waals surface area contributed by atoms with E-state index < -0.39 is 11.9 Å². The number of aromatic carboxylic acids is 1. The second-order valence-electron chi connectivity index (χ2n) is 4.22. The third-order valence-corrected chi connectivity index (χ3v) is 2.87. The van der Waals surface area contributed by atoms with Gasteiger partial charge in [0, 0.05) is 11.6 Å². The summed E-state index contributed by atoms with van der Waals surface area (Å²) in [4.78, 5) is 21.7. The number of carbonyl (C=O) groups is 2. The highest BCUT2D eigenvalue weighted by atomic mass is 16.4. The number of amides is 1. The van der Waals surface area contributed by atoms with Gasteiger partial charge in [-0.15, -0.1) is 0 Å². The van der Waals surface area contributed by atoms with Crippen molar-refractivity contribution in [2.45, 2.75) is 6.92 Å². The van der Waals surface area contributed by atoms with E-state index in [1.807, 2.05) is 0 Å². The minimum absolute atomic E-state index is 0.230. The number of benzene rings is 1. The average molecular weight is 271 g/mol. The maximum atomic E-state index is 11.1. The van der Waals surface area contributed by atoms with Gasteiger partial charge in [-0.2, -0.15) is 0 Å². The van der Waals surface area contributed by atoms with Crippen LogP contribution >= 0.6 is 0 Å². The van der Waals surface area contributed by atoms with Crippen molar-refractivity contribution >= 4 is 18.0 Å². The fraction of sp³-hybridized carbons (Fsp3) is 0.0667. The first-order valence-electron chi connectivity index (χ1n) is 5.89. The van der Waals surface area contributed by atoms with Crippen LogP contribution in [-0.2, 0) is 4.79 Å². The lowest BCUT2D eigenvalue weighted by Crippen LogP contribution is -2.04. The van der Waals surface area contributed by atoms with Crippen LogP contribution in [0.1, 0.15) is 21.7 Å². The van der Waals surface area contributed by atoms with Gasteiger partial charge < -0.3 is 15.3 Å². The molecular formula is C15H13NO4. The fourth-order valence-electron chi connectivity index (χ4n) is 1.89. The van der Waals surface area contributed by atoms with Crippen LogP contribution in [-0.4, -0.2) is 17.0 Å². The molecule has 0 bridgehead atoms.